The molecule has 5 aliphatic heterocycles. The molecule has 2 aromatic carbocycles. The molecule has 3 N–H and O–H groups in total. The summed E-state index contributed by atoms with van der Waals surface area (Å²) in [4.78, 5) is 52.4. The van der Waals surface area contributed by atoms with Crippen molar-refractivity contribution in [3.63, 3.8) is 0 Å². The molecule has 0 amide bonds. The fourth-order valence-corrected chi connectivity index (χ4v) is 13.5. The van der Waals surface area contributed by atoms with Crippen molar-refractivity contribution in [1.82, 2.24) is 14.8 Å². The third-order valence-electron chi connectivity index (χ3n) is 15.7. The van der Waals surface area contributed by atoms with Crippen LogP contribution in [-0.2, 0) is 45.8 Å². The van der Waals surface area contributed by atoms with E-state index in [4.69, 9.17) is 18.9 Å². The number of benzene rings is 2. The second-order valence-electron chi connectivity index (χ2n) is 18.5. The van der Waals surface area contributed by atoms with Gasteiger partial charge in [0.15, 0.2) is 6.10 Å². The average molecular weight is 847 g/mol. The van der Waals surface area contributed by atoms with E-state index in [9.17, 15) is 19.8 Å². The first-order chi connectivity index (χ1) is 28.9. The Morgan fingerprint density at radius 2 is 1.74 bits per heavy atom. The number of carbonyl (C=O) groups excluding carboxylic acids is 3. The Morgan fingerprint density at radius 3 is 2.41 bits per heavy atom. The van der Waals surface area contributed by atoms with Crippen LogP contribution in [0.4, 0.5) is 14.5 Å². The Kier molecular flexibility index (Phi) is 9.56. The third-order valence-corrected chi connectivity index (χ3v) is 15.7. The van der Waals surface area contributed by atoms with Crippen molar-refractivity contribution in [2.75, 3.05) is 66.0 Å². The topological polar surface area (TPSA) is 154 Å². The van der Waals surface area contributed by atoms with E-state index in [0.717, 1.165) is 29.0 Å². The first-order valence-corrected chi connectivity index (χ1v) is 21.3. The quantitative estimate of drug-likeness (QED) is 0.177. The van der Waals surface area contributed by atoms with Crippen molar-refractivity contribution in [3.05, 3.63) is 70.9 Å². The summed E-state index contributed by atoms with van der Waals surface area (Å²) in [5.41, 5.74) is -4.52. The number of para-hydroxylation sites is 1. The number of piperidine rings is 1. The smallest absolute Gasteiger partial charge is 0.344 e. The number of fused-ring (bicyclic) bond motifs is 6. The lowest BCUT2D eigenvalue weighted by Crippen LogP contribution is -2.81. The second-order valence-corrected chi connectivity index (χ2v) is 18.5. The third kappa shape index (κ3) is 5.38. The fourth-order valence-electron chi connectivity index (χ4n) is 13.5. The van der Waals surface area contributed by atoms with E-state index >= 15 is 13.6 Å². The van der Waals surface area contributed by atoms with Gasteiger partial charge in [0.1, 0.15) is 16.8 Å². The molecule has 6 aliphatic rings. The Bertz CT molecular complexity index is 2350. The largest absolute Gasteiger partial charge is 0.496 e. The van der Waals surface area contributed by atoms with Gasteiger partial charge in [-0.05, 0) is 67.8 Å². The predicted molar refractivity (Wildman–Crippen MR) is 221 cm³/mol. The van der Waals surface area contributed by atoms with Crippen LogP contribution >= 0.6 is 0 Å². The summed E-state index contributed by atoms with van der Waals surface area (Å²) in [5, 5.41) is 25.9. The molecule has 328 valence electrons. The molecule has 0 radical (unpaired) electrons. The SMILES string of the molecule is CC[C@]12C=CCN3CC[C@@]4(c5cc([C@@]6(C(=O)OC)CC7CN(CCc8c6[nH]c6ccccc86)CC(O)(C(C)(F)F)C7)c(OC)cc5N(C)[C@H]4[C@@](O)(C(=O)OC)[C@@H]1OC(C)=O)[C@@H]32. The van der Waals surface area contributed by atoms with Crippen LogP contribution in [0.5, 0.6) is 5.75 Å². The number of carbonyl (C=O) groups is 3. The van der Waals surface area contributed by atoms with Crippen molar-refractivity contribution >= 4 is 34.5 Å². The zero-order valence-electron chi connectivity index (χ0n) is 35.8. The van der Waals surface area contributed by atoms with E-state index in [2.05, 4.69) is 9.88 Å². The predicted octanol–water partition coefficient (Wildman–Crippen LogP) is 4.24. The highest BCUT2D eigenvalue weighted by atomic mass is 19.3. The number of anilines is 1. The molecule has 1 aromatic heterocycles. The number of nitrogens with one attached hydrogen (secondary N) is 1. The Labute approximate surface area is 353 Å². The summed E-state index contributed by atoms with van der Waals surface area (Å²) >= 11 is 0. The van der Waals surface area contributed by atoms with Crippen LogP contribution in [0, 0.1) is 11.3 Å². The number of hydrogen-bond donors (Lipinski definition) is 3. The number of ether oxygens (including phenoxy) is 4. The van der Waals surface area contributed by atoms with Gasteiger partial charge in [0.05, 0.1) is 27.4 Å². The van der Waals surface area contributed by atoms with Crippen LogP contribution < -0.4 is 9.64 Å². The molecule has 10 atom stereocenters. The van der Waals surface area contributed by atoms with E-state index in [0.29, 0.717) is 68.1 Å². The van der Waals surface area contributed by atoms with E-state index < -0.39 is 75.4 Å². The molecule has 1 saturated carbocycles. The normalized spacial score (nSPS) is 36.4. The highest BCUT2D eigenvalue weighted by molar-refractivity contribution is 5.95. The molecular weight excluding hydrogens is 791 g/mol. The summed E-state index contributed by atoms with van der Waals surface area (Å²) in [6.45, 7) is 5.63. The first-order valence-electron chi connectivity index (χ1n) is 21.3. The number of methoxy groups -OCH3 is 3. The van der Waals surface area contributed by atoms with E-state index in [1.165, 1.54) is 28.3 Å². The highest BCUT2D eigenvalue weighted by Crippen LogP contribution is 2.68. The monoisotopic (exact) mass is 846 g/mol. The van der Waals surface area contributed by atoms with Gasteiger partial charge < -0.3 is 39.0 Å². The summed E-state index contributed by atoms with van der Waals surface area (Å²) in [5.74, 6) is -5.97. The van der Waals surface area contributed by atoms with Crippen molar-refractivity contribution < 1.29 is 52.3 Å². The summed E-state index contributed by atoms with van der Waals surface area (Å²) in [7, 11) is 5.82. The number of esters is 3. The van der Waals surface area contributed by atoms with Crippen LogP contribution in [0.1, 0.15) is 68.8 Å². The van der Waals surface area contributed by atoms with Crippen molar-refractivity contribution in [1.29, 1.82) is 0 Å². The van der Waals surface area contributed by atoms with Crippen LogP contribution in [-0.4, -0.2) is 139 Å². The minimum absolute atomic E-state index is 0.0202. The number of H-pyrrole nitrogens is 1. The lowest BCUT2D eigenvalue weighted by molar-refractivity contribution is -0.228. The molecule has 3 aromatic rings. The number of alkyl halides is 2. The molecule has 61 heavy (non-hydrogen) atoms. The van der Waals surface area contributed by atoms with E-state index in [1.807, 2.05) is 65.3 Å². The van der Waals surface area contributed by atoms with Gasteiger partial charge in [-0.15, -0.1) is 0 Å². The maximum absolute atomic E-state index is 15.5. The van der Waals surface area contributed by atoms with Crippen LogP contribution in [0.2, 0.25) is 0 Å². The van der Waals surface area contributed by atoms with Gasteiger partial charge in [0.2, 0.25) is 5.60 Å². The molecule has 1 spiro atoms. The van der Waals surface area contributed by atoms with Gasteiger partial charge in [-0.25, -0.2) is 13.6 Å². The van der Waals surface area contributed by atoms with Gasteiger partial charge in [-0.2, -0.15) is 0 Å². The van der Waals surface area contributed by atoms with Gasteiger partial charge in [0, 0.05) is 97.9 Å². The number of aromatic amines is 1. The number of halogens is 2. The van der Waals surface area contributed by atoms with Gasteiger partial charge in [0.25, 0.3) is 5.92 Å². The van der Waals surface area contributed by atoms with Gasteiger partial charge in [-0.3, -0.25) is 19.4 Å². The van der Waals surface area contributed by atoms with E-state index in [-0.39, 0.29) is 19.4 Å². The van der Waals surface area contributed by atoms with Crippen molar-refractivity contribution in [2.24, 2.45) is 11.3 Å². The van der Waals surface area contributed by atoms with Crippen LogP contribution in [0.25, 0.3) is 10.9 Å². The standard InChI is InChI=1S/C46H56F2N4O9/c1-8-42-15-11-17-52-19-16-44(36(42)52)30-20-31(34(58-5)21-33(30)50(4)37(44)46(57,40(55)60-7)38(42)61-26(2)53)45(39(54)59-6)23-27-22-43(56,41(3,47)48)25-51(24-27)18-14-29-28-12-9-10-13-32(28)49-35(29)45/h9-13,15,20-21,27,36-38,49,56-57H,8,14,16-19,22-25H2,1-7H3/t27?,36-,37+,38+,42+,43?,44+,45-,46-/m0/s1. The summed E-state index contributed by atoms with van der Waals surface area (Å²) in [6.07, 6.45) is 3.63. The van der Waals surface area contributed by atoms with Crippen LogP contribution in [0.15, 0.2) is 48.6 Å². The molecule has 3 unspecified atom stereocenters. The van der Waals surface area contributed by atoms with Crippen molar-refractivity contribution in [2.45, 2.75) is 99.0 Å². The molecule has 2 bridgehead atoms. The lowest BCUT2D eigenvalue weighted by atomic mass is 9.47. The summed E-state index contributed by atoms with van der Waals surface area (Å²) < 4.78 is 54.6. The molecule has 2 saturated heterocycles. The number of nitrogens with zero attached hydrogens (tertiary/aromatic N) is 3. The minimum Gasteiger partial charge on any atom is -0.496 e. The molecule has 9 rings (SSSR count). The zero-order chi connectivity index (χ0) is 43.7. The van der Waals surface area contributed by atoms with Crippen LogP contribution in [0.3, 0.4) is 0 Å². The molecule has 15 heteroatoms. The number of rotatable bonds is 7. The first kappa shape index (κ1) is 41.8. The number of likely N-dealkylation sites (N-methyl/N-ethyl adjacent to an activating group) is 1. The Hall–Kier alpha value is -4.57. The molecule has 3 fully saturated rings. The fraction of sp³-hybridized carbons (Fsp3) is 0.587. The zero-order valence-corrected chi connectivity index (χ0v) is 35.8. The number of hydrogen-bond acceptors (Lipinski definition) is 12. The minimum atomic E-state index is -3.44. The van der Waals surface area contributed by atoms with Crippen molar-refractivity contribution in [3.8, 4) is 5.75 Å². The second kappa shape index (κ2) is 14.0. The molecule has 13 nitrogen and oxygen atoms in total. The molecule has 6 heterocycles. The Morgan fingerprint density at radius 1 is 1.00 bits per heavy atom. The van der Waals surface area contributed by atoms with Gasteiger partial charge in [-0.1, -0.05) is 37.3 Å². The lowest BCUT2D eigenvalue weighted by Gasteiger charge is -2.63. The maximum Gasteiger partial charge on any atom is 0.344 e. The maximum atomic E-state index is 15.5. The average Bonchev–Trinajstić information content (AvgIpc) is 3.89. The number of aliphatic hydroxyl groups is 2. The van der Waals surface area contributed by atoms with E-state index in [1.54, 1.807) is 7.05 Å². The van der Waals surface area contributed by atoms with Gasteiger partial charge >= 0.3 is 17.9 Å². The highest BCUT2D eigenvalue weighted by Gasteiger charge is 2.80. The summed E-state index contributed by atoms with van der Waals surface area (Å²) in [6, 6.07) is 10.1. The molecular formula is C46H56F2N4O9. The molecule has 1 aliphatic carbocycles. The number of aromatic nitrogens is 1. The Balaban J connectivity index is 1.36.